The molecular weight excluding hydrogens is 326 g/mol. The molecule has 0 amide bonds. The van der Waals surface area contributed by atoms with Gasteiger partial charge in [0, 0.05) is 34.9 Å². The van der Waals surface area contributed by atoms with Crippen LogP contribution in [0.2, 0.25) is 5.02 Å². The van der Waals surface area contributed by atoms with Crippen LogP contribution in [-0.4, -0.2) is 34.2 Å². The van der Waals surface area contributed by atoms with Gasteiger partial charge in [-0.25, -0.2) is 0 Å². The molecule has 2 N–H and O–H groups in total. The maximum Gasteiger partial charge on any atom is 0.170 e. The van der Waals surface area contributed by atoms with E-state index in [4.69, 9.17) is 23.8 Å². The Morgan fingerprint density at radius 1 is 1.00 bits per heavy atom. The Hall–Kier alpha value is -0.840. The van der Waals surface area contributed by atoms with Crippen molar-refractivity contribution in [1.82, 2.24) is 10.2 Å². The van der Waals surface area contributed by atoms with Crippen molar-refractivity contribution in [2.24, 2.45) is 0 Å². The predicted molar refractivity (Wildman–Crippen MR) is 100 cm³/mol. The molecule has 2 atom stereocenters. The average Bonchev–Trinajstić information content (AvgIpc) is 3.33. The van der Waals surface area contributed by atoms with Crippen molar-refractivity contribution in [2.75, 3.05) is 5.32 Å². The van der Waals surface area contributed by atoms with Crippen LogP contribution in [-0.2, 0) is 0 Å². The summed E-state index contributed by atoms with van der Waals surface area (Å²) in [6.45, 7) is 0. The Balaban J connectivity index is 1.34. The molecule has 3 fully saturated rings. The van der Waals surface area contributed by atoms with Crippen LogP contribution < -0.4 is 10.6 Å². The molecule has 0 aromatic heterocycles. The molecule has 4 rings (SSSR count). The van der Waals surface area contributed by atoms with Gasteiger partial charge in [-0.05, 0) is 75.0 Å². The van der Waals surface area contributed by atoms with E-state index in [0.717, 1.165) is 33.9 Å². The lowest BCUT2D eigenvalue weighted by Gasteiger charge is -2.49. The van der Waals surface area contributed by atoms with Gasteiger partial charge in [-0.15, -0.1) is 0 Å². The molecule has 3 aliphatic rings. The minimum atomic E-state index is 0.507. The van der Waals surface area contributed by atoms with Crippen LogP contribution in [0.15, 0.2) is 24.3 Å². The molecule has 1 aromatic carbocycles. The summed E-state index contributed by atoms with van der Waals surface area (Å²) in [7, 11) is 0. The lowest BCUT2D eigenvalue weighted by atomic mass is 9.81. The molecule has 0 unspecified atom stereocenters. The molecule has 2 heterocycles. The van der Waals surface area contributed by atoms with Crippen molar-refractivity contribution < 1.29 is 0 Å². The van der Waals surface area contributed by atoms with Crippen molar-refractivity contribution in [2.45, 2.75) is 69.1 Å². The maximum atomic E-state index is 5.92. The topological polar surface area (TPSA) is 27.3 Å². The maximum absolute atomic E-state index is 5.92. The molecule has 2 saturated heterocycles. The molecule has 0 radical (unpaired) electrons. The van der Waals surface area contributed by atoms with E-state index in [-0.39, 0.29) is 0 Å². The fourth-order valence-electron chi connectivity index (χ4n) is 4.39. The highest BCUT2D eigenvalue weighted by Crippen LogP contribution is 2.41. The number of nitrogens with zero attached hydrogens (tertiary/aromatic N) is 1. The lowest BCUT2D eigenvalue weighted by Crippen LogP contribution is -2.57. The molecule has 2 aliphatic heterocycles. The fraction of sp³-hybridized carbons (Fsp3) is 0.611. The summed E-state index contributed by atoms with van der Waals surface area (Å²) in [6, 6.07) is 10.6. The van der Waals surface area contributed by atoms with Crippen LogP contribution in [0.25, 0.3) is 0 Å². The number of rotatable bonds is 3. The van der Waals surface area contributed by atoms with E-state index in [9.17, 15) is 0 Å². The average molecular weight is 350 g/mol. The number of thiocarbonyl (C=S) groups is 1. The van der Waals surface area contributed by atoms with Crippen molar-refractivity contribution >= 4 is 34.6 Å². The van der Waals surface area contributed by atoms with Gasteiger partial charge in [0.05, 0.1) is 0 Å². The molecular formula is C18H24ClN3S. The van der Waals surface area contributed by atoms with Crippen LogP contribution in [0.3, 0.4) is 0 Å². The number of fused-ring (bicyclic) bond motifs is 2. The standard InChI is InChI=1S/C18H24ClN3S/c19-12-4-6-13(7-5-12)20-18(23)21-14-10-16-2-1-3-17(11-14)22(16)15-8-9-15/h4-7,14-17H,1-3,8-11H2,(H2,20,21,23)/t16-,17-/m0/s1. The minimum absolute atomic E-state index is 0.507. The van der Waals surface area contributed by atoms with Gasteiger partial charge in [-0.3, -0.25) is 4.90 Å². The Bertz CT molecular complexity index is 558. The van der Waals surface area contributed by atoms with Crippen molar-refractivity contribution in [3.63, 3.8) is 0 Å². The third kappa shape index (κ3) is 3.65. The Morgan fingerprint density at radius 3 is 2.26 bits per heavy atom. The van der Waals surface area contributed by atoms with Gasteiger partial charge >= 0.3 is 0 Å². The third-order valence-corrected chi connectivity index (χ3v) is 5.91. The molecule has 0 spiro atoms. The van der Waals surface area contributed by atoms with Crippen molar-refractivity contribution in [3.05, 3.63) is 29.3 Å². The summed E-state index contributed by atoms with van der Waals surface area (Å²) in [5.41, 5.74) is 0.988. The number of piperidine rings is 2. The van der Waals surface area contributed by atoms with Crippen molar-refractivity contribution in [1.29, 1.82) is 0 Å². The zero-order valence-corrected chi connectivity index (χ0v) is 14.9. The summed E-state index contributed by atoms with van der Waals surface area (Å²) in [5.74, 6) is 0. The number of hydrogen-bond donors (Lipinski definition) is 2. The third-order valence-electron chi connectivity index (χ3n) is 5.44. The number of benzene rings is 1. The van der Waals surface area contributed by atoms with Gasteiger partial charge in [0.1, 0.15) is 0 Å². The van der Waals surface area contributed by atoms with E-state index >= 15 is 0 Å². The molecule has 2 bridgehead atoms. The van der Waals surface area contributed by atoms with Crippen LogP contribution in [0.1, 0.15) is 44.9 Å². The predicted octanol–water partition coefficient (Wildman–Crippen LogP) is 4.17. The van der Waals surface area contributed by atoms with Gasteiger partial charge in [0.2, 0.25) is 0 Å². The van der Waals surface area contributed by atoms with Gasteiger partial charge in [-0.1, -0.05) is 18.0 Å². The van der Waals surface area contributed by atoms with E-state index in [2.05, 4.69) is 15.5 Å². The first-order valence-corrected chi connectivity index (χ1v) is 9.58. The highest BCUT2D eigenvalue weighted by molar-refractivity contribution is 7.80. The van der Waals surface area contributed by atoms with Gasteiger partial charge < -0.3 is 10.6 Å². The molecule has 1 saturated carbocycles. The highest BCUT2D eigenvalue weighted by Gasteiger charge is 2.44. The van der Waals surface area contributed by atoms with Crippen LogP contribution >= 0.6 is 23.8 Å². The van der Waals surface area contributed by atoms with Crippen molar-refractivity contribution in [3.8, 4) is 0 Å². The Morgan fingerprint density at radius 2 is 1.65 bits per heavy atom. The van der Waals surface area contributed by atoms with E-state index in [1.807, 2.05) is 24.3 Å². The normalized spacial score (nSPS) is 30.7. The summed E-state index contributed by atoms with van der Waals surface area (Å²) >= 11 is 11.4. The van der Waals surface area contributed by atoms with Gasteiger partial charge in [0.25, 0.3) is 0 Å². The monoisotopic (exact) mass is 349 g/mol. The second kappa shape index (κ2) is 6.58. The number of anilines is 1. The SMILES string of the molecule is S=C(Nc1ccc(Cl)cc1)NC1C[C@@H]2CCC[C@@H](C1)N2C1CC1. The van der Waals surface area contributed by atoms with E-state index in [1.165, 1.54) is 44.9 Å². The van der Waals surface area contributed by atoms with Crippen LogP contribution in [0, 0.1) is 0 Å². The minimum Gasteiger partial charge on any atom is -0.360 e. The number of halogens is 1. The smallest absolute Gasteiger partial charge is 0.170 e. The van der Waals surface area contributed by atoms with Crippen LogP contribution in [0.4, 0.5) is 5.69 Å². The summed E-state index contributed by atoms with van der Waals surface area (Å²) in [4.78, 5) is 2.84. The first kappa shape index (κ1) is 15.7. The molecule has 3 nitrogen and oxygen atoms in total. The molecule has 1 aliphatic carbocycles. The molecule has 1 aromatic rings. The highest BCUT2D eigenvalue weighted by atomic mass is 35.5. The second-order valence-corrected chi connectivity index (χ2v) is 8.04. The quantitative estimate of drug-likeness (QED) is 0.801. The molecule has 124 valence electrons. The first-order chi connectivity index (χ1) is 11.2. The van der Waals surface area contributed by atoms with E-state index < -0.39 is 0 Å². The Kier molecular flexibility index (Phi) is 4.48. The molecule has 23 heavy (non-hydrogen) atoms. The first-order valence-electron chi connectivity index (χ1n) is 8.79. The van der Waals surface area contributed by atoms with E-state index in [1.54, 1.807) is 0 Å². The lowest BCUT2D eigenvalue weighted by molar-refractivity contribution is 0.0209. The summed E-state index contributed by atoms with van der Waals surface area (Å²) in [6.07, 6.45) is 9.43. The summed E-state index contributed by atoms with van der Waals surface area (Å²) in [5, 5.41) is 8.30. The fourth-order valence-corrected chi connectivity index (χ4v) is 4.80. The van der Waals surface area contributed by atoms with Gasteiger partial charge in [-0.2, -0.15) is 0 Å². The molecule has 5 heteroatoms. The number of nitrogens with one attached hydrogen (secondary N) is 2. The second-order valence-electron chi connectivity index (χ2n) is 7.19. The zero-order chi connectivity index (χ0) is 15.8. The van der Waals surface area contributed by atoms with Gasteiger partial charge in [0.15, 0.2) is 5.11 Å². The van der Waals surface area contributed by atoms with E-state index in [0.29, 0.717) is 6.04 Å². The Labute approximate surface area is 148 Å². The van der Waals surface area contributed by atoms with Crippen LogP contribution in [0.5, 0.6) is 0 Å². The summed E-state index contributed by atoms with van der Waals surface area (Å²) < 4.78 is 0. The number of hydrogen-bond acceptors (Lipinski definition) is 2. The largest absolute Gasteiger partial charge is 0.360 e. The zero-order valence-electron chi connectivity index (χ0n) is 13.3.